The average Bonchev–Trinajstić information content (AvgIpc) is 2.99. The molecule has 0 spiro atoms. The third-order valence-corrected chi connectivity index (χ3v) is 4.27. The number of rotatable bonds is 3. The van der Waals surface area contributed by atoms with Gasteiger partial charge in [0.15, 0.2) is 11.5 Å². The lowest BCUT2D eigenvalue weighted by Crippen LogP contribution is -2.09. The molecule has 0 saturated carbocycles. The third-order valence-electron chi connectivity index (χ3n) is 3.12. The highest BCUT2D eigenvalue weighted by Crippen LogP contribution is 2.24. The fraction of sp³-hybridized carbons (Fsp3) is 0.308. The molecule has 0 aliphatic carbocycles. The van der Waals surface area contributed by atoms with Gasteiger partial charge in [0.25, 0.3) is 0 Å². The van der Waals surface area contributed by atoms with Gasteiger partial charge in [0, 0.05) is 18.9 Å². The summed E-state index contributed by atoms with van der Waals surface area (Å²) in [6, 6.07) is 0. The van der Waals surface area contributed by atoms with Crippen molar-refractivity contribution in [3.63, 3.8) is 0 Å². The van der Waals surface area contributed by atoms with Gasteiger partial charge in [0.05, 0.1) is 22.1 Å². The Kier molecular flexibility index (Phi) is 3.21. The highest BCUT2D eigenvalue weighted by Gasteiger charge is 2.16. The van der Waals surface area contributed by atoms with E-state index in [1.807, 2.05) is 42.2 Å². The number of imidazole rings is 1. The SMILES string of the molecule is CCNc1cn2ccnc2c(-n2nc(C)c(Br)c2C)n1. The first-order valence-corrected chi connectivity index (χ1v) is 7.20. The maximum Gasteiger partial charge on any atom is 0.199 e. The summed E-state index contributed by atoms with van der Waals surface area (Å²) >= 11 is 3.55. The molecule has 0 radical (unpaired) electrons. The summed E-state index contributed by atoms with van der Waals surface area (Å²) < 4.78 is 4.77. The zero-order valence-electron chi connectivity index (χ0n) is 11.6. The van der Waals surface area contributed by atoms with Crippen LogP contribution in [0.2, 0.25) is 0 Å². The molecule has 0 unspecified atom stereocenters. The molecule has 3 rings (SSSR count). The number of halogens is 1. The third kappa shape index (κ3) is 1.98. The van der Waals surface area contributed by atoms with Gasteiger partial charge in [-0.05, 0) is 36.7 Å². The Morgan fingerprint density at radius 3 is 2.80 bits per heavy atom. The van der Waals surface area contributed by atoms with Crippen LogP contribution >= 0.6 is 15.9 Å². The van der Waals surface area contributed by atoms with E-state index in [2.05, 4.69) is 36.3 Å². The number of fused-ring (bicyclic) bond motifs is 1. The van der Waals surface area contributed by atoms with Crippen LogP contribution in [-0.4, -0.2) is 30.7 Å². The number of nitrogens with zero attached hydrogens (tertiary/aromatic N) is 5. The number of nitrogens with one attached hydrogen (secondary N) is 1. The average molecular weight is 335 g/mol. The lowest BCUT2D eigenvalue weighted by molar-refractivity contribution is 0.803. The number of anilines is 1. The molecule has 0 atom stereocenters. The first-order valence-electron chi connectivity index (χ1n) is 6.41. The van der Waals surface area contributed by atoms with Crippen molar-refractivity contribution in [1.82, 2.24) is 24.1 Å². The Bertz CT molecular complexity index is 773. The van der Waals surface area contributed by atoms with Crippen molar-refractivity contribution >= 4 is 27.4 Å². The molecule has 0 fully saturated rings. The van der Waals surface area contributed by atoms with Gasteiger partial charge in [-0.25, -0.2) is 14.6 Å². The Morgan fingerprint density at radius 1 is 1.35 bits per heavy atom. The second-order valence-electron chi connectivity index (χ2n) is 4.53. The molecule has 0 bridgehead atoms. The molecule has 0 aromatic carbocycles. The van der Waals surface area contributed by atoms with Gasteiger partial charge in [-0.3, -0.25) is 0 Å². The number of aryl methyl sites for hydroxylation is 1. The molecular formula is C13H15BrN6. The zero-order chi connectivity index (χ0) is 14.3. The van der Waals surface area contributed by atoms with E-state index in [0.717, 1.165) is 39.7 Å². The largest absolute Gasteiger partial charge is 0.369 e. The molecule has 0 amide bonds. The van der Waals surface area contributed by atoms with Gasteiger partial charge in [-0.2, -0.15) is 5.10 Å². The van der Waals surface area contributed by atoms with Crippen LogP contribution in [0.3, 0.4) is 0 Å². The topological polar surface area (TPSA) is 60.0 Å². The molecule has 1 N–H and O–H groups in total. The minimum Gasteiger partial charge on any atom is -0.369 e. The highest BCUT2D eigenvalue weighted by molar-refractivity contribution is 9.10. The zero-order valence-corrected chi connectivity index (χ0v) is 13.1. The van der Waals surface area contributed by atoms with Crippen molar-refractivity contribution in [2.24, 2.45) is 0 Å². The summed E-state index contributed by atoms with van der Waals surface area (Å²) in [6.07, 6.45) is 5.59. The minimum absolute atomic E-state index is 0.722. The molecular weight excluding hydrogens is 320 g/mol. The Hall–Kier alpha value is -1.89. The van der Waals surface area contributed by atoms with Crippen molar-refractivity contribution in [2.75, 3.05) is 11.9 Å². The molecule has 3 aromatic heterocycles. The van der Waals surface area contributed by atoms with Crippen molar-refractivity contribution in [3.8, 4) is 5.82 Å². The van der Waals surface area contributed by atoms with Crippen molar-refractivity contribution < 1.29 is 0 Å². The van der Waals surface area contributed by atoms with Gasteiger partial charge in [-0.1, -0.05) is 0 Å². The standard InChI is InChI=1S/C13H15BrN6/c1-4-15-10-7-19-6-5-16-12(19)13(17-10)20-9(3)11(14)8(2)18-20/h5-7,15H,4H2,1-3H3. The number of aromatic nitrogens is 5. The second-order valence-corrected chi connectivity index (χ2v) is 5.33. The summed E-state index contributed by atoms with van der Waals surface area (Å²) in [4.78, 5) is 9.01. The van der Waals surface area contributed by atoms with Crippen molar-refractivity contribution in [1.29, 1.82) is 0 Å². The van der Waals surface area contributed by atoms with Crippen LogP contribution in [0, 0.1) is 13.8 Å². The summed E-state index contributed by atoms with van der Waals surface area (Å²) in [5, 5.41) is 7.77. The molecule has 6 nitrogen and oxygen atoms in total. The molecule has 104 valence electrons. The summed E-state index contributed by atoms with van der Waals surface area (Å²) in [5.41, 5.74) is 2.72. The Labute approximate surface area is 125 Å². The Balaban J connectivity index is 2.28. The molecule has 20 heavy (non-hydrogen) atoms. The van der Waals surface area contributed by atoms with Gasteiger partial charge in [0.2, 0.25) is 0 Å². The minimum atomic E-state index is 0.722. The van der Waals surface area contributed by atoms with E-state index in [9.17, 15) is 0 Å². The smallest absolute Gasteiger partial charge is 0.199 e. The summed E-state index contributed by atoms with van der Waals surface area (Å²) in [7, 11) is 0. The van der Waals surface area contributed by atoms with E-state index in [4.69, 9.17) is 0 Å². The van der Waals surface area contributed by atoms with Crippen molar-refractivity contribution in [3.05, 3.63) is 34.5 Å². The maximum atomic E-state index is 4.63. The van der Waals surface area contributed by atoms with Crippen LogP contribution in [0.4, 0.5) is 5.82 Å². The normalized spacial score (nSPS) is 11.2. The number of hydrogen-bond donors (Lipinski definition) is 1. The quantitative estimate of drug-likeness (QED) is 0.800. The fourth-order valence-electron chi connectivity index (χ4n) is 2.15. The lowest BCUT2D eigenvalue weighted by atomic mass is 10.4. The second kappa shape index (κ2) is 4.90. The molecule has 0 aliphatic heterocycles. The molecule has 3 heterocycles. The predicted molar refractivity (Wildman–Crippen MR) is 81.4 cm³/mol. The maximum absolute atomic E-state index is 4.63. The summed E-state index contributed by atoms with van der Waals surface area (Å²) in [5.74, 6) is 1.52. The predicted octanol–water partition coefficient (Wildman–Crippen LogP) is 2.73. The Morgan fingerprint density at radius 2 is 2.15 bits per heavy atom. The van der Waals surface area contributed by atoms with E-state index in [1.165, 1.54) is 0 Å². The van der Waals surface area contributed by atoms with Crippen LogP contribution in [-0.2, 0) is 0 Å². The lowest BCUT2D eigenvalue weighted by Gasteiger charge is -2.09. The first kappa shape index (κ1) is 13.1. The van der Waals surface area contributed by atoms with Gasteiger partial charge in [0.1, 0.15) is 5.82 Å². The molecule has 0 aliphatic rings. The van der Waals surface area contributed by atoms with Gasteiger partial charge in [-0.15, -0.1) is 0 Å². The van der Waals surface area contributed by atoms with E-state index < -0.39 is 0 Å². The van der Waals surface area contributed by atoms with Crippen LogP contribution in [0.1, 0.15) is 18.3 Å². The molecule has 0 saturated heterocycles. The van der Waals surface area contributed by atoms with Crippen LogP contribution in [0.5, 0.6) is 0 Å². The summed E-state index contributed by atoms with van der Waals surface area (Å²) in [6.45, 7) is 6.82. The first-order chi connectivity index (χ1) is 9.61. The van der Waals surface area contributed by atoms with Crippen molar-refractivity contribution in [2.45, 2.75) is 20.8 Å². The highest BCUT2D eigenvalue weighted by atomic mass is 79.9. The number of hydrogen-bond acceptors (Lipinski definition) is 4. The van der Waals surface area contributed by atoms with E-state index in [0.29, 0.717) is 0 Å². The molecule has 3 aromatic rings. The van der Waals surface area contributed by atoms with Crippen LogP contribution in [0.25, 0.3) is 11.5 Å². The fourth-order valence-corrected chi connectivity index (χ4v) is 2.40. The van der Waals surface area contributed by atoms with E-state index >= 15 is 0 Å². The molecule has 7 heteroatoms. The van der Waals surface area contributed by atoms with Crippen LogP contribution < -0.4 is 5.32 Å². The van der Waals surface area contributed by atoms with Crippen LogP contribution in [0.15, 0.2) is 23.1 Å². The van der Waals surface area contributed by atoms with E-state index in [1.54, 1.807) is 6.20 Å². The monoisotopic (exact) mass is 334 g/mol. The van der Waals surface area contributed by atoms with Gasteiger partial charge >= 0.3 is 0 Å². The van der Waals surface area contributed by atoms with E-state index in [-0.39, 0.29) is 0 Å². The van der Waals surface area contributed by atoms with Gasteiger partial charge < -0.3 is 9.72 Å².